The van der Waals surface area contributed by atoms with Crippen LogP contribution in [-0.2, 0) is 4.79 Å². The summed E-state index contributed by atoms with van der Waals surface area (Å²) in [7, 11) is 0. The highest BCUT2D eigenvalue weighted by atomic mass is 16.1. The van der Waals surface area contributed by atoms with Gasteiger partial charge in [0.2, 0.25) is 0 Å². The second-order valence-electron chi connectivity index (χ2n) is 6.43. The number of carbonyl (C=O) groups excluding carboxylic acids is 1. The lowest BCUT2D eigenvalue weighted by molar-refractivity contribution is -0.121. The summed E-state index contributed by atoms with van der Waals surface area (Å²) >= 11 is 0. The van der Waals surface area contributed by atoms with E-state index < -0.39 is 0 Å². The van der Waals surface area contributed by atoms with Gasteiger partial charge in [-0.05, 0) is 56.3 Å². The number of carbonyl (C=O) groups is 1. The predicted molar refractivity (Wildman–Crippen MR) is 67.2 cm³/mol. The van der Waals surface area contributed by atoms with E-state index in [1.54, 1.807) is 0 Å². The molecule has 0 amide bonds. The van der Waals surface area contributed by atoms with Gasteiger partial charge in [-0.1, -0.05) is 25.5 Å². The van der Waals surface area contributed by atoms with Crippen molar-refractivity contribution in [1.82, 2.24) is 0 Å². The van der Waals surface area contributed by atoms with E-state index in [1.165, 1.54) is 31.1 Å². The second kappa shape index (κ2) is 4.35. The molecule has 0 unspecified atom stereocenters. The van der Waals surface area contributed by atoms with Gasteiger partial charge in [-0.2, -0.15) is 0 Å². The molecule has 0 N–H and O–H groups in total. The Morgan fingerprint density at radius 3 is 2.75 bits per heavy atom. The van der Waals surface area contributed by atoms with E-state index in [2.05, 4.69) is 26.8 Å². The Kier molecular flexibility index (Phi) is 3.23. The van der Waals surface area contributed by atoms with Crippen molar-refractivity contribution in [1.29, 1.82) is 0 Å². The molecule has 0 aromatic heterocycles. The Hall–Kier alpha value is -0.590. The van der Waals surface area contributed by atoms with Crippen molar-refractivity contribution in [3.8, 4) is 0 Å². The maximum atomic E-state index is 11.2. The third-order valence-corrected chi connectivity index (χ3v) is 4.85. The molecule has 0 spiro atoms. The highest BCUT2D eigenvalue weighted by molar-refractivity contribution is 5.54. The molecule has 1 nitrogen and oxygen atoms in total. The largest absolute Gasteiger partial charge is 0.303 e. The number of hydrogen-bond donors (Lipinski definition) is 0. The van der Waals surface area contributed by atoms with Crippen molar-refractivity contribution in [2.24, 2.45) is 23.2 Å². The zero-order chi connectivity index (χ0) is 11.8. The summed E-state index contributed by atoms with van der Waals surface area (Å²) in [6.07, 6.45) is 9.49. The Bertz CT molecular complexity index is 301. The number of hydrogen-bond acceptors (Lipinski definition) is 1. The fourth-order valence-electron chi connectivity index (χ4n) is 3.77. The van der Waals surface area contributed by atoms with Gasteiger partial charge in [0.1, 0.15) is 6.29 Å². The van der Waals surface area contributed by atoms with Crippen LogP contribution < -0.4 is 0 Å². The van der Waals surface area contributed by atoms with Crippen molar-refractivity contribution in [2.45, 2.75) is 52.9 Å². The zero-order valence-corrected chi connectivity index (χ0v) is 10.8. The van der Waals surface area contributed by atoms with Gasteiger partial charge < -0.3 is 4.79 Å². The second-order valence-corrected chi connectivity index (χ2v) is 6.43. The summed E-state index contributed by atoms with van der Waals surface area (Å²) in [5, 5.41) is 0. The van der Waals surface area contributed by atoms with Crippen molar-refractivity contribution in [2.75, 3.05) is 0 Å². The van der Waals surface area contributed by atoms with E-state index in [1.807, 2.05) is 0 Å². The van der Waals surface area contributed by atoms with Gasteiger partial charge in [-0.3, -0.25) is 0 Å². The lowest BCUT2D eigenvalue weighted by Gasteiger charge is -2.54. The van der Waals surface area contributed by atoms with Gasteiger partial charge in [0.05, 0.1) is 0 Å². The first-order chi connectivity index (χ1) is 7.54. The minimum Gasteiger partial charge on any atom is -0.303 e. The number of rotatable bonds is 1. The summed E-state index contributed by atoms with van der Waals surface area (Å²) in [6.45, 7) is 6.97. The first-order valence-corrected chi connectivity index (χ1v) is 6.65. The van der Waals surface area contributed by atoms with Crippen molar-refractivity contribution in [3.63, 3.8) is 0 Å². The molecule has 1 heteroatoms. The average Bonchev–Trinajstić information content (AvgIpc) is 2.27. The van der Waals surface area contributed by atoms with Gasteiger partial charge in [0, 0.05) is 5.92 Å². The molecule has 2 aliphatic rings. The molecule has 0 aromatic rings. The monoisotopic (exact) mass is 220 g/mol. The van der Waals surface area contributed by atoms with Crippen LogP contribution in [0, 0.1) is 23.2 Å². The maximum Gasteiger partial charge on any atom is 0.123 e. The van der Waals surface area contributed by atoms with Crippen LogP contribution in [0.15, 0.2) is 11.6 Å². The van der Waals surface area contributed by atoms with Crippen LogP contribution in [-0.4, -0.2) is 6.29 Å². The molecule has 1 saturated carbocycles. The highest BCUT2D eigenvalue weighted by Crippen LogP contribution is 2.56. The summed E-state index contributed by atoms with van der Waals surface area (Å²) in [5.74, 6) is 1.76. The number of aldehydes is 1. The molecular weight excluding hydrogens is 196 g/mol. The molecule has 0 radical (unpaired) electrons. The van der Waals surface area contributed by atoms with E-state index in [9.17, 15) is 4.79 Å². The standard InChI is InChI=1S/C15H24O/c1-11-5-4-6-12(10-16)13-9-15(2,3)14(13)8-7-11/h5,10,12-14H,4,6-9H2,1-3H3/b11-5+/t12-,13+,14-/m1/s1. The number of fused-ring (bicyclic) bond motifs is 1. The SMILES string of the molecule is C/C1=C\CC[C@H](C=O)[C@@H]2CC(C)(C)[C@@H]2CC1. The molecule has 90 valence electrons. The summed E-state index contributed by atoms with van der Waals surface area (Å²) < 4.78 is 0. The van der Waals surface area contributed by atoms with Crippen LogP contribution >= 0.6 is 0 Å². The van der Waals surface area contributed by atoms with Crippen LogP contribution in [0.5, 0.6) is 0 Å². The quantitative estimate of drug-likeness (QED) is 0.482. The molecule has 0 saturated heterocycles. The molecule has 1 fully saturated rings. The first-order valence-electron chi connectivity index (χ1n) is 6.65. The molecule has 3 atom stereocenters. The Morgan fingerprint density at radius 2 is 2.12 bits per heavy atom. The fraction of sp³-hybridized carbons (Fsp3) is 0.800. The molecule has 0 bridgehead atoms. The average molecular weight is 220 g/mol. The highest BCUT2D eigenvalue weighted by Gasteiger charge is 2.49. The Labute approximate surface area is 99.3 Å². The van der Waals surface area contributed by atoms with E-state index in [-0.39, 0.29) is 0 Å². The molecule has 0 aliphatic heterocycles. The topological polar surface area (TPSA) is 17.1 Å². The van der Waals surface area contributed by atoms with Gasteiger partial charge in [0.15, 0.2) is 0 Å². The van der Waals surface area contributed by atoms with Gasteiger partial charge in [0.25, 0.3) is 0 Å². The van der Waals surface area contributed by atoms with Crippen LogP contribution in [0.3, 0.4) is 0 Å². The fourth-order valence-corrected chi connectivity index (χ4v) is 3.77. The number of allylic oxidation sites excluding steroid dienone is 2. The summed E-state index contributed by atoms with van der Waals surface area (Å²) in [6, 6.07) is 0. The molecular formula is C15H24O. The van der Waals surface area contributed by atoms with E-state index in [0.717, 1.165) is 18.8 Å². The zero-order valence-electron chi connectivity index (χ0n) is 10.8. The minimum absolute atomic E-state index is 0.320. The first kappa shape index (κ1) is 11.9. The van der Waals surface area contributed by atoms with Gasteiger partial charge in [-0.25, -0.2) is 0 Å². The minimum atomic E-state index is 0.320. The van der Waals surface area contributed by atoms with Crippen molar-refractivity contribution in [3.05, 3.63) is 11.6 Å². The maximum absolute atomic E-state index is 11.2. The van der Waals surface area contributed by atoms with Crippen molar-refractivity contribution < 1.29 is 4.79 Å². The van der Waals surface area contributed by atoms with E-state index in [4.69, 9.17) is 0 Å². The van der Waals surface area contributed by atoms with Crippen LogP contribution in [0.25, 0.3) is 0 Å². The Morgan fingerprint density at radius 1 is 1.38 bits per heavy atom. The third-order valence-electron chi connectivity index (χ3n) is 4.85. The van der Waals surface area contributed by atoms with E-state index in [0.29, 0.717) is 17.3 Å². The normalized spacial score (nSPS) is 41.4. The Balaban J connectivity index is 2.13. The summed E-state index contributed by atoms with van der Waals surface area (Å²) in [5.41, 5.74) is 1.99. The third kappa shape index (κ3) is 2.09. The molecule has 2 rings (SSSR count). The molecule has 2 aliphatic carbocycles. The molecule has 16 heavy (non-hydrogen) atoms. The lowest BCUT2D eigenvalue weighted by atomic mass is 9.51. The smallest absolute Gasteiger partial charge is 0.123 e. The molecule has 0 aromatic carbocycles. The van der Waals surface area contributed by atoms with E-state index >= 15 is 0 Å². The van der Waals surface area contributed by atoms with Crippen LogP contribution in [0.1, 0.15) is 52.9 Å². The van der Waals surface area contributed by atoms with Crippen LogP contribution in [0.4, 0.5) is 0 Å². The van der Waals surface area contributed by atoms with Gasteiger partial charge in [-0.15, -0.1) is 0 Å². The summed E-state index contributed by atoms with van der Waals surface area (Å²) in [4.78, 5) is 11.2. The predicted octanol–water partition coefficient (Wildman–Crippen LogP) is 3.98. The molecule has 0 heterocycles. The lowest BCUT2D eigenvalue weighted by Crippen LogP contribution is -2.47. The van der Waals surface area contributed by atoms with Crippen molar-refractivity contribution >= 4 is 6.29 Å². The van der Waals surface area contributed by atoms with Crippen LogP contribution in [0.2, 0.25) is 0 Å². The van der Waals surface area contributed by atoms with Gasteiger partial charge >= 0.3 is 0 Å².